The predicted molar refractivity (Wildman–Crippen MR) is 141 cm³/mol. The van der Waals surface area contributed by atoms with E-state index in [4.69, 9.17) is 23.8 Å². The van der Waals surface area contributed by atoms with Gasteiger partial charge in [-0.3, -0.25) is 9.12 Å². The van der Waals surface area contributed by atoms with Gasteiger partial charge >= 0.3 is 162 Å². The Bertz CT molecular complexity index is 1190. The van der Waals surface area contributed by atoms with Crippen molar-refractivity contribution in [1.29, 1.82) is 0 Å². The number of para-hydroxylation sites is 1. The van der Waals surface area contributed by atoms with E-state index in [1.165, 1.54) is 0 Å². The summed E-state index contributed by atoms with van der Waals surface area (Å²) >= 11 is 0. The summed E-state index contributed by atoms with van der Waals surface area (Å²) in [5.74, 6) is 2.54. The third kappa shape index (κ3) is 13.4. The molecule has 0 aliphatic carbocycles. The normalized spacial score (nSPS) is 11.7. The molecule has 35 heavy (non-hydrogen) atoms. The number of rotatable bonds is 10. The second-order valence-corrected chi connectivity index (χ2v) is 10.8. The summed E-state index contributed by atoms with van der Waals surface area (Å²) in [6.45, 7) is 0. The van der Waals surface area contributed by atoms with Crippen molar-refractivity contribution in [1.82, 2.24) is 0 Å². The maximum atomic E-state index is 11.3. The molecule has 0 amide bonds. The van der Waals surface area contributed by atoms with Gasteiger partial charge in [-0.25, -0.2) is 0 Å². The molecule has 0 saturated carbocycles. The van der Waals surface area contributed by atoms with Crippen LogP contribution < -0.4 is 9.47 Å². The molecule has 0 aliphatic rings. The minimum atomic E-state index is -4.97. The summed E-state index contributed by atoms with van der Waals surface area (Å²) in [4.78, 5) is 16.2. The van der Waals surface area contributed by atoms with E-state index in [0.29, 0.717) is 23.7 Å². The topological polar surface area (TPSA) is 130 Å². The summed E-state index contributed by atoms with van der Waals surface area (Å²) < 4.78 is 54.5. The van der Waals surface area contributed by atoms with E-state index >= 15 is 0 Å². The van der Waals surface area contributed by atoms with Gasteiger partial charge in [-0.1, -0.05) is 30.3 Å². The van der Waals surface area contributed by atoms with Gasteiger partial charge in [0.25, 0.3) is 10.1 Å². The molecule has 0 bridgehead atoms. The Kier molecular flexibility index (Phi) is 19.0. The molecule has 8 nitrogen and oxygen atoms in total. The van der Waals surface area contributed by atoms with Crippen molar-refractivity contribution in [3.8, 4) is 23.0 Å². The zero-order valence-corrected chi connectivity index (χ0v) is 18.7. The molecule has 3 N–H and O–H groups in total. The fourth-order valence-corrected chi connectivity index (χ4v) is 5.44. The third-order valence-electron chi connectivity index (χ3n) is 4.57. The summed E-state index contributed by atoms with van der Waals surface area (Å²) in [5, 5.41) is 0. The monoisotopic (exact) mass is 598 g/mol. The van der Waals surface area contributed by atoms with Crippen LogP contribution in [0.25, 0.3) is 0 Å². The number of ether oxygens (including phenoxy) is 2. The number of benzene rings is 3. The van der Waals surface area contributed by atoms with Crippen LogP contribution in [-0.4, -0.2) is 182 Å². The van der Waals surface area contributed by atoms with Crippen molar-refractivity contribution in [3.05, 3.63) is 84.4 Å². The quantitative estimate of drug-likeness (QED) is 0.185. The van der Waals surface area contributed by atoms with Gasteiger partial charge in [-0.15, -0.1) is 0 Å². The summed E-state index contributed by atoms with van der Waals surface area (Å²) in [6, 6.07) is 23.6. The van der Waals surface area contributed by atoms with Crippen LogP contribution in [0.1, 0.15) is 18.4 Å². The fourth-order valence-electron chi connectivity index (χ4n) is 3.07. The van der Waals surface area contributed by atoms with Crippen molar-refractivity contribution in [3.63, 3.8) is 0 Å². The van der Waals surface area contributed by atoms with Gasteiger partial charge in [-0.05, 0) is 73.4 Å². The van der Waals surface area contributed by atoms with Gasteiger partial charge in [-0.2, -0.15) is 8.42 Å². The molecule has 0 fully saturated rings. The number of aryl methyl sites for hydroxylation is 1. The molecule has 3 aromatic carbocycles. The zero-order chi connectivity index (χ0) is 23.2. The van der Waals surface area contributed by atoms with E-state index in [0.717, 1.165) is 11.3 Å². The molecular weight excluding hydrogens is 573 g/mol. The van der Waals surface area contributed by atoms with Crippen molar-refractivity contribution >= 4 is 172 Å². The van der Waals surface area contributed by atoms with Gasteiger partial charge in [0, 0.05) is 0 Å². The van der Waals surface area contributed by atoms with E-state index in [2.05, 4.69) is 0 Å². The molecule has 0 aliphatic heterocycles. The molecule has 0 spiro atoms. The van der Waals surface area contributed by atoms with Crippen molar-refractivity contribution < 1.29 is 36.8 Å². The van der Waals surface area contributed by atoms with Crippen LogP contribution in [0.15, 0.2) is 78.9 Å². The molecule has 0 radical (unpaired) electrons. The summed E-state index contributed by atoms with van der Waals surface area (Å²) in [7, 11) is -9.82. The Labute approximate surface area is 333 Å². The molecule has 176 valence electrons. The standard InChI is InChI=1S/C22H23O8PS.3K.3H/c23-31(24,25)22(32(26,27)28)11-5-7-17-6-4-10-21(16-17)30-20-14-12-19(13-15-20)29-18-8-2-1-3-9-18;;;;;;/h1-4,6,8-10,12-16,22H,5,7,11H2,(H2,23,24,25)(H,26,27,28);;;;;;. The molecule has 1 atom stereocenters. The van der Waals surface area contributed by atoms with E-state index in [9.17, 15) is 13.0 Å². The van der Waals surface area contributed by atoms with Crippen LogP contribution in [-0.2, 0) is 21.1 Å². The third-order valence-corrected chi connectivity index (χ3v) is 8.13. The Morgan fingerprint density at radius 3 is 1.74 bits per heavy atom. The zero-order valence-electron chi connectivity index (χ0n) is 16.9. The second kappa shape index (κ2) is 17.8. The Morgan fingerprint density at radius 1 is 0.743 bits per heavy atom. The van der Waals surface area contributed by atoms with E-state index < -0.39 is 22.7 Å². The number of hydrogen-bond donors (Lipinski definition) is 3. The Hall–Kier alpha value is 2.23. The molecule has 0 saturated heterocycles. The van der Waals surface area contributed by atoms with Gasteiger partial charge in [0.1, 0.15) is 23.0 Å². The van der Waals surface area contributed by atoms with E-state index in [1.807, 2.05) is 30.3 Å². The molecule has 3 aromatic rings. The number of hydrogen-bond acceptors (Lipinski definition) is 5. The van der Waals surface area contributed by atoms with Crippen molar-refractivity contribution in [2.75, 3.05) is 0 Å². The van der Waals surface area contributed by atoms with E-state index in [1.54, 1.807) is 48.5 Å². The molecule has 13 heteroatoms. The van der Waals surface area contributed by atoms with Gasteiger partial charge in [0.15, 0.2) is 4.99 Å². The van der Waals surface area contributed by atoms with Crippen LogP contribution in [0.3, 0.4) is 0 Å². The van der Waals surface area contributed by atoms with Crippen LogP contribution in [0.2, 0.25) is 0 Å². The van der Waals surface area contributed by atoms with Gasteiger partial charge in [0.2, 0.25) is 0 Å². The van der Waals surface area contributed by atoms with E-state index in [-0.39, 0.29) is 167 Å². The first-order chi connectivity index (χ1) is 15.1. The first-order valence-electron chi connectivity index (χ1n) is 9.72. The van der Waals surface area contributed by atoms with Crippen LogP contribution in [0, 0.1) is 0 Å². The van der Waals surface area contributed by atoms with Gasteiger partial charge in [0.05, 0.1) is 0 Å². The van der Waals surface area contributed by atoms with Crippen LogP contribution in [0.4, 0.5) is 0 Å². The van der Waals surface area contributed by atoms with Crippen LogP contribution >= 0.6 is 7.60 Å². The summed E-state index contributed by atoms with van der Waals surface area (Å²) in [5.41, 5.74) is 0.798. The molecule has 0 heterocycles. The predicted octanol–water partition coefficient (Wildman–Crippen LogP) is 3.04. The summed E-state index contributed by atoms with van der Waals surface area (Å²) in [6.07, 6.45) is 0.148. The Morgan fingerprint density at radius 2 is 1.23 bits per heavy atom. The molecule has 1 unspecified atom stereocenters. The minimum absolute atomic E-state index is 0. The van der Waals surface area contributed by atoms with Crippen LogP contribution in [0.5, 0.6) is 23.0 Å². The SMILES string of the molecule is O=P(O)(O)C(CCCc1cccc(Oc2ccc(Oc3ccccc3)cc2)c1)S(=O)(=O)O.[KH].[KH].[KH]. The van der Waals surface area contributed by atoms with Gasteiger partial charge < -0.3 is 19.3 Å². The average molecular weight is 599 g/mol. The average Bonchev–Trinajstić information content (AvgIpc) is 2.72. The first kappa shape index (κ1) is 37.2. The molecule has 3 rings (SSSR count). The maximum absolute atomic E-state index is 11.3. The first-order valence-corrected chi connectivity index (χ1v) is 12.9. The Balaban J connectivity index is 0.00000385. The second-order valence-electron chi connectivity index (χ2n) is 7.09. The molecular formula is C22H26K3O8PS. The molecule has 0 aromatic heterocycles. The van der Waals surface area contributed by atoms with Crippen molar-refractivity contribution in [2.24, 2.45) is 0 Å². The fraction of sp³-hybridized carbons (Fsp3) is 0.182. The van der Waals surface area contributed by atoms with Crippen molar-refractivity contribution in [2.45, 2.75) is 24.3 Å².